The van der Waals surface area contributed by atoms with E-state index in [2.05, 4.69) is 115 Å². The third-order valence-corrected chi connectivity index (χ3v) is 10.1. The molecule has 1 aliphatic heterocycles. The molecule has 9 rings (SSSR count). The minimum absolute atomic E-state index is 0.161. The number of halogens is 1. The Morgan fingerprint density at radius 1 is 0.725 bits per heavy atom. The van der Waals surface area contributed by atoms with E-state index in [1.165, 1.54) is 27.0 Å². The maximum Gasteiger partial charge on any atom is 0.223 e. The van der Waals surface area contributed by atoms with Crippen LogP contribution < -0.4 is 4.74 Å². The van der Waals surface area contributed by atoms with Gasteiger partial charge in [-0.3, -0.25) is 0 Å². The van der Waals surface area contributed by atoms with E-state index in [1.807, 2.05) is 0 Å². The zero-order valence-corrected chi connectivity index (χ0v) is 22.8. The molecule has 3 aliphatic rings. The summed E-state index contributed by atoms with van der Waals surface area (Å²) in [5.74, 6) is 2.17. The molecule has 3 heterocycles. The molecule has 0 saturated heterocycles. The number of nitrogens with zero attached hydrogens (tertiary/aromatic N) is 2. The van der Waals surface area contributed by atoms with Crippen LogP contribution in [0.5, 0.6) is 11.5 Å². The molecule has 2 unspecified atom stereocenters. The first-order chi connectivity index (χ1) is 19.7. The number of aromatic nitrogens is 2. The summed E-state index contributed by atoms with van der Waals surface area (Å²) in [5.41, 5.74) is 7.53. The van der Waals surface area contributed by atoms with Crippen molar-refractivity contribution in [2.75, 3.05) is 0 Å². The van der Waals surface area contributed by atoms with Crippen molar-refractivity contribution in [3.05, 3.63) is 143 Å². The van der Waals surface area contributed by atoms with Crippen LogP contribution in [0.15, 0.2) is 115 Å². The lowest BCUT2D eigenvalue weighted by Gasteiger charge is -2.43. The number of ether oxygens (including phenoxy) is 1. The summed E-state index contributed by atoms with van der Waals surface area (Å²) >= 11 is 8.37. The van der Waals surface area contributed by atoms with Gasteiger partial charge in [0, 0.05) is 38.6 Å². The number of hydrogen-bond donors (Lipinski definition) is 0. The molecule has 6 aromatic rings. The minimum atomic E-state index is -0.404. The van der Waals surface area contributed by atoms with Gasteiger partial charge < -0.3 is 4.74 Å². The third kappa shape index (κ3) is 2.80. The lowest BCUT2D eigenvalue weighted by Crippen LogP contribution is -2.37. The molecule has 1 spiro atoms. The van der Waals surface area contributed by atoms with Gasteiger partial charge in [0.15, 0.2) is 0 Å². The van der Waals surface area contributed by atoms with E-state index >= 15 is 0 Å². The molecule has 190 valence electrons. The molecular weight excluding hydrogens is 532 g/mol. The molecule has 3 nitrogen and oxygen atoms in total. The molecule has 4 aromatic carbocycles. The van der Waals surface area contributed by atoms with E-state index in [0.717, 1.165) is 38.4 Å². The van der Waals surface area contributed by atoms with Gasteiger partial charge in [0.05, 0.1) is 21.3 Å². The highest BCUT2D eigenvalue weighted by Crippen LogP contribution is 2.65. The number of hydrogen-bond acceptors (Lipinski definition) is 4. The summed E-state index contributed by atoms with van der Waals surface area (Å²) in [5, 5.41) is 1.39. The van der Waals surface area contributed by atoms with E-state index in [4.69, 9.17) is 26.3 Å². The first kappa shape index (κ1) is 22.6. The van der Waals surface area contributed by atoms with Crippen LogP contribution in [-0.2, 0) is 5.41 Å². The average molecular weight is 553 g/mol. The molecule has 0 bridgehead atoms. The maximum atomic E-state index is 6.64. The normalized spacial score (nSPS) is 19.3. The van der Waals surface area contributed by atoms with E-state index < -0.39 is 5.41 Å². The molecule has 0 amide bonds. The predicted molar refractivity (Wildman–Crippen MR) is 163 cm³/mol. The summed E-state index contributed by atoms with van der Waals surface area (Å²) in [4.78, 5) is 9.59. The third-order valence-electron chi connectivity index (χ3n) is 8.79. The first-order valence-corrected chi connectivity index (χ1v) is 14.6. The standard InChI is InChI=1S/C35H21ClN2OS/c36-34-37-31-21-11-2-8-19-29(21)40-33(31)32(38-34)22-12-9-16-26-30(22)20-10-1-3-13-23(20)35(26)24-14-4-6-17-27(24)39-28-18-7-5-15-25(28)35/h1-20,23H. The van der Waals surface area contributed by atoms with Crippen molar-refractivity contribution < 1.29 is 4.74 Å². The Kier molecular flexibility index (Phi) is 4.59. The molecule has 2 atom stereocenters. The van der Waals surface area contributed by atoms with E-state index in [9.17, 15) is 0 Å². The van der Waals surface area contributed by atoms with Gasteiger partial charge >= 0.3 is 0 Å². The zero-order valence-electron chi connectivity index (χ0n) is 21.2. The molecule has 5 heteroatoms. The quantitative estimate of drug-likeness (QED) is 0.190. The van der Waals surface area contributed by atoms with Gasteiger partial charge in [0.2, 0.25) is 5.28 Å². The molecule has 0 fully saturated rings. The monoisotopic (exact) mass is 552 g/mol. The highest BCUT2D eigenvalue weighted by Gasteiger charge is 2.57. The molecule has 2 aromatic heterocycles. The second-order valence-electron chi connectivity index (χ2n) is 10.6. The fraction of sp³-hybridized carbons (Fsp3) is 0.0857. The van der Waals surface area contributed by atoms with Crippen molar-refractivity contribution in [3.63, 3.8) is 0 Å². The molecular formula is C35H21ClN2OS. The largest absolute Gasteiger partial charge is 0.457 e. The highest BCUT2D eigenvalue weighted by molar-refractivity contribution is 7.26. The summed E-state index contributed by atoms with van der Waals surface area (Å²) in [6, 6.07) is 32.1. The number of fused-ring (bicyclic) bond motifs is 12. The van der Waals surface area contributed by atoms with Crippen molar-refractivity contribution in [2.24, 2.45) is 5.92 Å². The van der Waals surface area contributed by atoms with Gasteiger partial charge in [-0.25, -0.2) is 9.97 Å². The van der Waals surface area contributed by atoms with Gasteiger partial charge in [0.25, 0.3) is 0 Å². The van der Waals surface area contributed by atoms with Gasteiger partial charge in [-0.2, -0.15) is 0 Å². The van der Waals surface area contributed by atoms with Gasteiger partial charge in [0.1, 0.15) is 11.5 Å². The van der Waals surface area contributed by atoms with Crippen molar-refractivity contribution in [1.82, 2.24) is 9.97 Å². The lowest BCUT2D eigenvalue weighted by molar-refractivity contribution is 0.374. The minimum Gasteiger partial charge on any atom is -0.457 e. The Morgan fingerprint density at radius 2 is 1.43 bits per heavy atom. The van der Waals surface area contributed by atoms with Crippen molar-refractivity contribution in [3.8, 4) is 22.8 Å². The second kappa shape index (κ2) is 8.14. The summed E-state index contributed by atoms with van der Waals surface area (Å²) in [6.45, 7) is 0. The lowest BCUT2D eigenvalue weighted by atomic mass is 9.62. The zero-order chi connectivity index (χ0) is 26.4. The van der Waals surface area contributed by atoms with Crippen LogP contribution in [0, 0.1) is 5.92 Å². The SMILES string of the molecule is Clc1nc(-c2cccc3c2C2C=CC=CC2C32c3ccccc3Oc3ccccc32)c2sc3ccccc3c2n1. The van der Waals surface area contributed by atoms with Gasteiger partial charge in [-0.15, -0.1) is 11.3 Å². The van der Waals surface area contributed by atoms with Crippen LogP contribution in [0.4, 0.5) is 0 Å². The van der Waals surface area contributed by atoms with E-state index in [0.29, 0.717) is 0 Å². The average Bonchev–Trinajstić information content (AvgIpc) is 3.51. The Morgan fingerprint density at radius 3 is 2.25 bits per heavy atom. The van der Waals surface area contributed by atoms with Crippen molar-refractivity contribution in [2.45, 2.75) is 11.3 Å². The van der Waals surface area contributed by atoms with E-state index in [1.54, 1.807) is 11.3 Å². The molecule has 0 radical (unpaired) electrons. The molecule has 0 saturated carbocycles. The summed E-state index contributed by atoms with van der Waals surface area (Å²) in [6.07, 6.45) is 9.11. The topological polar surface area (TPSA) is 35.0 Å². The number of thiophene rings is 1. The summed E-state index contributed by atoms with van der Waals surface area (Å²) in [7, 11) is 0. The van der Waals surface area contributed by atoms with Crippen LogP contribution in [0.2, 0.25) is 5.28 Å². The van der Waals surface area contributed by atoms with E-state index in [-0.39, 0.29) is 17.1 Å². The molecule has 40 heavy (non-hydrogen) atoms. The smallest absolute Gasteiger partial charge is 0.223 e. The second-order valence-corrected chi connectivity index (χ2v) is 12.0. The Bertz CT molecular complexity index is 2050. The predicted octanol–water partition coefficient (Wildman–Crippen LogP) is 9.44. The Balaban J connectivity index is 1.42. The molecule has 2 aliphatic carbocycles. The number of rotatable bonds is 1. The Labute approximate surface area is 240 Å². The first-order valence-electron chi connectivity index (χ1n) is 13.5. The van der Waals surface area contributed by atoms with Crippen LogP contribution in [0.1, 0.15) is 28.2 Å². The summed E-state index contributed by atoms with van der Waals surface area (Å²) < 4.78 is 8.76. The van der Waals surface area contributed by atoms with Gasteiger partial charge in [-0.1, -0.05) is 97.1 Å². The van der Waals surface area contributed by atoms with Crippen LogP contribution in [-0.4, -0.2) is 9.97 Å². The van der Waals surface area contributed by atoms with Crippen LogP contribution in [0.3, 0.4) is 0 Å². The maximum absolute atomic E-state index is 6.64. The van der Waals surface area contributed by atoms with Gasteiger partial charge in [-0.05, 0) is 40.9 Å². The van der Waals surface area contributed by atoms with Crippen LogP contribution in [0.25, 0.3) is 31.6 Å². The number of para-hydroxylation sites is 2. The fourth-order valence-corrected chi connectivity index (χ4v) is 8.69. The Hall–Kier alpha value is -4.25. The molecule has 0 N–H and O–H groups in total. The number of benzene rings is 4. The van der Waals surface area contributed by atoms with Crippen molar-refractivity contribution >= 4 is 43.2 Å². The fourth-order valence-electron chi connectivity index (χ4n) is 7.37. The highest BCUT2D eigenvalue weighted by atomic mass is 35.5. The number of allylic oxidation sites excluding steroid dienone is 4. The van der Waals surface area contributed by atoms with Crippen molar-refractivity contribution in [1.29, 1.82) is 0 Å². The van der Waals surface area contributed by atoms with Crippen LogP contribution >= 0.6 is 22.9 Å².